The third-order valence-corrected chi connectivity index (χ3v) is 3.27. The van der Waals surface area contributed by atoms with Crippen molar-refractivity contribution in [3.05, 3.63) is 12.2 Å². The first-order valence-corrected chi connectivity index (χ1v) is 4.40. The highest BCUT2D eigenvalue weighted by Gasteiger charge is 2.44. The van der Waals surface area contributed by atoms with Gasteiger partial charge in [-0.25, -0.2) is 0 Å². The van der Waals surface area contributed by atoms with Gasteiger partial charge in [0.1, 0.15) is 5.78 Å². The second kappa shape index (κ2) is 2.20. The Labute approximate surface area is 67.5 Å². The van der Waals surface area contributed by atoms with E-state index in [1.54, 1.807) is 0 Å². The minimum atomic E-state index is 0.255. The Bertz CT molecular complexity index is 217. The second-order valence-electron chi connectivity index (χ2n) is 3.99. The van der Waals surface area contributed by atoms with Crippen LogP contribution in [-0.4, -0.2) is 5.78 Å². The summed E-state index contributed by atoms with van der Waals surface area (Å²) >= 11 is 0. The Morgan fingerprint density at radius 2 is 2.27 bits per heavy atom. The van der Waals surface area contributed by atoms with Crippen LogP contribution in [0.15, 0.2) is 12.2 Å². The summed E-state index contributed by atoms with van der Waals surface area (Å²) < 4.78 is 0. The van der Waals surface area contributed by atoms with Crippen LogP contribution in [0.1, 0.15) is 26.2 Å². The molecule has 2 saturated carbocycles. The van der Waals surface area contributed by atoms with Gasteiger partial charge in [-0.1, -0.05) is 19.1 Å². The molecule has 0 saturated heterocycles. The van der Waals surface area contributed by atoms with Gasteiger partial charge in [-0.15, -0.1) is 0 Å². The maximum Gasteiger partial charge on any atom is 0.140 e. The predicted molar refractivity (Wildman–Crippen MR) is 44.1 cm³/mol. The number of ketones is 1. The highest BCUT2D eigenvalue weighted by atomic mass is 16.1. The minimum absolute atomic E-state index is 0.255. The summed E-state index contributed by atoms with van der Waals surface area (Å²) in [6, 6.07) is 0. The van der Waals surface area contributed by atoms with E-state index in [9.17, 15) is 4.79 Å². The Morgan fingerprint density at radius 3 is 2.91 bits per heavy atom. The van der Waals surface area contributed by atoms with Crippen LogP contribution in [0, 0.1) is 17.8 Å². The summed E-state index contributed by atoms with van der Waals surface area (Å²) in [4.78, 5) is 11.4. The van der Waals surface area contributed by atoms with E-state index in [1.165, 1.54) is 12.0 Å². The molecule has 0 amide bonds. The fourth-order valence-corrected chi connectivity index (χ4v) is 2.65. The molecule has 0 aromatic rings. The molecule has 0 bridgehead atoms. The van der Waals surface area contributed by atoms with Gasteiger partial charge in [0.25, 0.3) is 0 Å². The molecule has 2 rings (SSSR count). The number of carbonyl (C=O) groups excluding carboxylic acids is 1. The highest BCUT2D eigenvalue weighted by molar-refractivity contribution is 5.87. The zero-order chi connectivity index (χ0) is 8.01. The molecule has 0 N–H and O–H groups in total. The van der Waals surface area contributed by atoms with Crippen LogP contribution in [0.3, 0.4) is 0 Å². The van der Waals surface area contributed by atoms with Gasteiger partial charge in [0.15, 0.2) is 0 Å². The van der Waals surface area contributed by atoms with E-state index >= 15 is 0 Å². The fraction of sp³-hybridized carbons (Fsp3) is 0.700. The van der Waals surface area contributed by atoms with E-state index in [1.807, 2.05) is 0 Å². The SMILES string of the molecule is C=C1CC[C@H]2[C@@H]1C(=O)C[C@H]2C. The molecule has 60 valence electrons. The van der Waals surface area contributed by atoms with Gasteiger partial charge in [0, 0.05) is 12.3 Å². The summed E-state index contributed by atoms with van der Waals surface area (Å²) in [6.07, 6.45) is 3.09. The third kappa shape index (κ3) is 0.867. The van der Waals surface area contributed by atoms with Crippen LogP contribution in [-0.2, 0) is 4.79 Å². The van der Waals surface area contributed by atoms with Crippen LogP contribution >= 0.6 is 0 Å². The number of fused-ring (bicyclic) bond motifs is 1. The Balaban J connectivity index is 2.28. The summed E-state index contributed by atoms with van der Waals surface area (Å²) in [5, 5.41) is 0. The Hall–Kier alpha value is -0.590. The van der Waals surface area contributed by atoms with E-state index < -0.39 is 0 Å². The molecule has 0 aromatic heterocycles. The zero-order valence-electron chi connectivity index (χ0n) is 6.97. The molecule has 0 aliphatic heterocycles. The van der Waals surface area contributed by atoms with Gasteiger partial charge < -0.3 is 0 Å². The van der Waals surface area contributed by atoms with Crippen molar-refractivity contribution in [1.29, 1.82) is 0 Å². The Morgan fingerprint density at radius 1 is 1.55 bits per heavy atom. The first-order chi connectivity index (χ1) is 5.20. The lowest BCUT2D eigenvalue weighted by molar-refractivity contribution is -0.120. The molecule has 0 radical (unpaired) electrons. The van der Waals surface area contributed by atoms with Gasteiger partial charge in [-0.2, -0.15) is 0 Å². The average Bonchev–Trinajstić information content (AvgIpc) is 2.41. The lowest BCUT2D eigenvalue weighted by Gasteiger charge is -2.10. The maximum absolute atomic E-state index is 11.4. The van der Waals surface area contributed by atoms with Gasteiger partial charge in [0.2, 0.25) is 0 Å². The molecule has 0 aromatic carbocycles. The third-order valence-electron chi connectivity index (χ3n) is 3.27. The van der Waals surface area contributed by atoms with Crippen LogP contribution in [0.5, 0.6) is 0 Å². The second-order valence-corrected chi connectivity index (χ2v) is 3.99. The lowest BCUT2D eigenvalue weighted by atomic mass is 9.93. The number of hydrogen-bond acceptors (Lipinski definition) is 1. The quantitative estimate of drug-likeness (QED) is 0.484. The minimum Gasteiger partial charge on any atom is -0.299 e. The topological polar surface area (TPSA) is 17.1 Å². The molecule has 2 aliphatic carbocycles. The highest BCUT2D eigenvalue weighted by Crippen LogP contribution is 2.47. The molecule has 2 aliphatic rings. The molecule has 0 heterocycles. The average molecular weight is 150 g/mol. The van der Waals surface area contributed by atoms with Crippen molar-refractivity contribution in [2.45, 2.75) is 26.2 Å². The lowest BCUT2D eigenvalue weighted by Crippen LogP contribution is -2.10. The standard InChI is InChI=1S/C10H14O/c1-6-3-4-8-7(2)5-9(11)10(6)8/h7-8,10H,1,3-5H2,2H3/t7-,8-,10-/m1/s1. The molecular weight excluding hydrogens is 136 g/mol. The number of Topliss-reactive ketones (excluding diaryl/α,β-unsaturated/α-hetero) is 1. The van der Waals surface area contributed by atoms with Gasteiger partial charge in [-0.05, 0) is 24.7 Å². The number of carbonyl (C=O) groups is 1. The van der Waals surface area contributed by atoms with Gasteiger partial charge >= 0.3 is 0 Å². The van der Waals surface area contributed by atoms with Crippen LogP contribution < -0.4 is 0 Å². The zero-order valence-corrected chi connectivity index (χ0v) is 6.97. The van der Waals surface area contributed by atoms with Crippen molar-refractivity contribution < 1.29 is 4.79 Å². The molecule has 3 atom stereocenters. The molecule has 0 spiro atoms. The molecule has 11 heavy (non-hydrogen) atoms. The number of allylic oxidation sites excluding steroid dienone is 1. The van der Waals surface area contributed by atoms with E-state index in [2.05, 4.69) is 13.5 Å². The summed E-state index contributed by atoms with van der Waals surface area (Å²) in [5.41, 5.74) is 1.20. The summed E-state index contributed by atoms with van der Waals surface area (Å²) in [7, 11) is 0. The van der Waals surface area contributed by atoms with Gasteiger partial charge in [0.05, 0.1) is 0 Å². The van der Waals surface area contributed by atoms with Crippen molar-refractivity contribution in [3.8, 4) is 0 Å². The summed E-state index contributed by atoms with van der Waals surface area (Å²) in [6.45, 7) is 6.16. The molecule has 0 unspecified atom stereocenters. The molecule has 1 heteroatoms. The first kappa shape index (κ1) is 7.08. The van der Waals surface area contributed by atoms with Crippen molar-refractivity contribution in [2.75, 3.05) is 0 Å². The monoisotopic (exact) mass is 150 g/mol. The van der Waals surface area contributed by atoms with E-state index in [0.717, 1.165) is 12.8 Å². The number of hydrogen-bond donors (Lipinski definition) is 0. The van der Waals surface area contributed by atoms with Gasteiger partial charge in [-0.3, -0.25) is 4.79 Å². The fourth-order valence-electron chi connectivity index (χ4n) is 2.65. The largest absolute Gasteiger partial charge is 0.299 e. The van der Waals surface area contributed by atoms with E-state index in [4.69, 9.17) is 0 Å². The van der Waals surface area contributed by atoms with Crippen molar-refractivity contribution >= 4 is 5.78 Å². The molecular formula is C10H14O. The van der Waals surface area contributed by atoms with E-state index in [-0.39, 0.29) is 5.92 Å². The Kier molecular flexibility index (Phi) is 1.41. The van der Waals surface area contributed by atoms with Crippen molar-refractivity contribution in [3.63, 3.8) is 0 Å². The molecule has 2 fully saturated rings. The number of rotatable bonds is 0. The van der Waals surface area contributed by atoms with Crippen LogP contribution in [0.2, 0.25) is 0 Å². The van der Waals surface area contributed by atoms with E-state index in [0.29, 0.717) is 17.6 Å². The maximum atomic E-state index is 11.4. The van der Waals surface area contributed by atoms with Crippen LogP contribution in [0.25, 0.3) is 0 Å². The van der Waals surface area contributed by atoms with Crippen molar-refractivity contribution in [2.24, 2.45) is 17.8 Å². The van der Waals surface area contributed by atoms with Crippen LogP contribution in [0.4, 0.5) is 0 Å². The summed E-state index contributed by atoms with van der Waals surface area (Å²) in [5.74, 6) is 1.97. The predicted octanol–water partition coefficient (Wildman–Crippen LogP) is 2.18. The smallest absolute Gasteiger partial charge is 0.140 e. The normalized spacial score (nSPS) is 43.2. The molecule has 1 nitrogen and oxygen atoms in total. The van der Waals surface area contributed by atoms with Crippen molar-refractivity contribution in [1.82, 2.24) is 0 Å². The first-order valence-electron chi connectivity index (χ1n) is 4.40.